The molecular weight excluding hydrogens is 340 g/mol. The number of aliphatic hydroxyl groups is 1. The molecule has 0 amide bonds. The summed E-state index contributed by atoms with van der Waals surface area (Å²) < 4.78 is 0. The van der Waals surface area contributed by atoms with Crippen molar-refractivity contribution < 1.29 is 5.11 Å². The molecule has 0 radical (unpaired) electrons. The maximum Gasteiger partial charge on any atom is 0.0543 e. The van der Waals surface area contributed by atoms with Crippen LogP contribution in [0.5, 0.6) is 0 Å². The van der Waals surface area contributed by atoms with Gasteiger partial charge in [-0.3, -0.25) is 0 Å². The van der Waals surface area contributed by atoms with Gasteiger partial charge in [0.05, 0.1) is 6.10 Å². The number of hydrogen-bond acceptors (Lipinski definition) is 1. The number of rotatable bonds is 4. The third kappa shape index (κ3) is 3.42. The fraction of sp³-hybridized carbons (Fsp3) is 0.926. The first-order valence-electron chi connectivity index (χ1n) is 12.6. The van der Waals surface area contributed by atoms with Gasteiger partial charge in [-0.15, -0.1) is 0 Å². The maximum atomic E-state index is 10.2. The van der Waals surface area contributed by atoms with Crippen LogP contribution >= 0.6 is 0 Å². The minimum absolute atomic E-state index is 0.0159. The fourth-order valence-electron chi connectivity index (χ4n) is 8.84. The summed E-state index contributed by atoms with van der Waals surface area (Å²) in [6.07, 6.45) is 18.3. The maximum absolute atomic E-state index is 10.2. The van der Waals surface area contributed by atoms with E-state index in [0.717, 1.165) is 54.3 Å². The predicted octanol–water partition coefficient (Wildman–Crippen LogP) is 7.24. The lowest BCUT2D eigenvalue weighted by molar-refractivity contribution is -0.128. The molecule has 0 aromatic heterocycles. The Morgan fingerprint density at radius 2 is 1.61 bits per heavy atom. The van der Waals surface area contributed by atoms with Crippen molar-refractivity contribution in [3.8, 4) is 0 Å². The summed E-state index contributed by atoms with van der Waals surface area (Å²) in [6, 6.07) is 0. The molecule has 0 bridgehead atoms. The van der Waals surface area contributed by atoms with Crippen LogP contribution in [0.15, 0.2) is 12.2 Å². The molecule has 0 aliphatic heterocycles. The van der Waals surface area contributed by atoms with Crippen LogP contribution in [0, 0.1) is 52.3 Å². The summed E-state index contributed by atoms with van der Waals surface area (Å²) >= 11 is 0. The van der Waals surface area contributed by atoms with Crippen LogP contribution in [0.1, 0.15) is 98.8 Å². The first kappa shape index (κ1) is 21.0. The Hall–Kier alpha value is -0.300. The number of allylic oxidation sites excluding steroid dienone is 2. The summed E-state index contributed by atoms with van der Waals surface area (Å²) in [6.45, 7) is 12.4. The lowest BCUT2D eigenvalue weighted by atomic mass is 9.44. The molecule has 0 aromatic carbocycles. The van der Waals surface area contributed by atoms with E-state index in [1.165, 1.54) is 51.4 Å². The Kier molecular flexibility index (Phi) is 5.80. The molecule has 1 nitrogen and oxygen atoms in total. The van der Waals surface area contributed by atoms with Gasteiger partial charge in [-0.05, 0) is 116 Å². The zero-order chi connectivity index (χ0) is 20.1. The Labute approximate surface area is 174 Å². The highest BCUT2D eigenvalue weighted by Crippen LogP contribution is 2.68. The molecule has 1 N–H and O–H groups in total. The molecule has 4 aliphatic rings. The van der Waals surface area contributed by atoms with Crippen LogP contribution in [0.4, 0.5) is 0 Å². The van der Waals surface area contributed by atoms with E-state index < -0.39 is 0 Å². The van der Waals surface area contributed by atoms with Gasteiger partial charge in [0, 0.05) is 0 Å². The van der Waals surface area contributed by atoms with Crippen molar-refractivity contribution in [1.29, 1.82) is 0 Å². The average Bonchev–Trinajstić information content (AvgIpc) is 2.99. The first-order valence-corrected chi connectivity index (χ1v) is 12.6. The monoisotopic (exact) mass is 386 g/mol. The predicted molar refractivity (Wildman–Crippen MR) is 119 cm³/mol. The van der Waals surface area contributed by atoms with E-state index in [1.807, 2.05) is 0 Å². The second kappa shape index (κ2) is 7.75. The molecule has 4 rings (SSSR count). The zero-order valence-electron chi connectivity index (χ0n) is 19.3. The minimum Gasteiger partial charge on any atom is -0.393 e. The summed E-state index contributed by atoms with van der Waals surface area (Å²) in [5, 5.41) is 10.2. The molecule has 4 aliphatic carbocycles. The Morgan fingerprint density at radius 1 is 0.893 bits per heavy atom. The van der Waals surface area contributed by atoms with Crippen molar-refractivity contribution in [1.82, 2.24) is 0 Å². The van der Waals surface area contributed by atoms with Crippen LogP contribution < -0.4 is 0 Å². The van der Waals surface area contributed by atoms with Crippen molar-refractivity contribution in [2.75, 3.05) is 0 Å². The first-order chi connectivity index (χ1) is 13.3. The van der Waals surface area contributed by atoms with Crippen molar-refractivity contribution in [2.24, 2.45) is 52.3 Å². The van der Waals surface area contributed by atoms with Crippen LogP contribution in [0.3, 0.4) is 0 Å². The van der Waals surface area contributed by atoms with E-state index in [-0.39, 0.29) is 6.10 Å². The molecule has 3 unspecified atom stereocenters. The van der Waals surface area contributed by atoms with Crippen LogP contribution in [-0.4, -0.2) is 11.2 Å². The lowest BCUT2D eigenvalue weighted by Crippen LogP contribution is -2.54. The Bertz CT molecular complexity index is 579. The van der Waals surface area contributed by atoms with E-state index in [9.17, 15) is 5.11 Å². The fourth-order valence-corrected chi connectivity index (χ4v) is 8.84. The second-order valence-corrected chi connectivity index (χ2v) is 12.2. The van der Waals surface area contributed by atoms with Crippen LogP contribution in [0.25, 0.3) is 0 Å². The largest absolute Gasteiger partial charge is 0.393 e. The highest BCUT2D eigenvalue weighted by atomic mass is 16.3. The van der Waals surface area contributed by atoms with Crippen molar-refractivity contribution in [3.63, 3.8) is 0 Å². The van der Waals surface area contributed by atoms with E-state index in [4.69, 9.17) is 0 Å². The smallest absolute Gasteiger partial charge is 0.0543 e. The molecule has 28 heavy (non-hydrogen) atoms. The third-order valence-electron chi connectivity index (χ3n) is 10.4. The van der Waals surface area contributed by atoms with Gasteiger partial charge < -0.3 is 5.11 Å². The standard InChI is InChI=1S/C27H46O/c1-18(2)7-6-8-19(3)23-11-12-24-22-10-9-20-17-21(28)13-15-26(20,4)25(22)14-16-27(23,24)5/h6,8,18-25,28H,7,9-17H2,1-5H3/b8-6+/t19-,20-,21+,22?,23-,24?,25?,26+,27-/m1/s1. The van der Waals surface area contributed by atoms with Crippen LogP contribution in [0.2, 0.25) is 0 Å². The number of aliphatic hydroxyl groups excluding tert-OH is 1. The van der Waals surface area contributed by atoms with Gasteiger partial charge >= 0.3 is 0 Å². The van der Waals surface area contributed by atoms with Gasteiger partial charge in [-0.25, -0.2) is 0 Å². The molecule has 1 heteroatoms. The third-order valence-corrected chi connectivity index (χ3v) is 10.4. The molecule has 0 heterocycles. The average molecular weight is 387 g/mol. The molecular formula is C27H46O. The van der Waals surface area contributed by atoms with Gasteiger partial charge in [0.25, 0.3) is 0 Å². The minimum atomic E-state index is -0.0159. The second-order valence-electron chi connectivity index (χ2n) is 12.2. The molecule has 0 saturated heterocycles. The lowest BCUT2D eigenvalue weighted by Gasteiger charge is -2.61. The molecule has 9 atom stereocenters. The van der Waals surface area contributed by atoms with E-state index in [0.29, 0.717) is 10.8 Å². The van der Waals surface area contributed by atoms with E-state index in [2.05, 4.69) is 46.8 Å². The van der Waals surface area contributed by atoms with Crippen LogP contribution in [-0.2, 0) is 0 Å². The van der Waals surface area contributed by atoms with Crippen molar-refractivity contribution >= 4 is 0 Å². The van der Waals surface area contributed by atoms with Gasteiger partial charge in [0.2, 0.25) is 0 Å². The van der Waals surface area contributed by atoms with Gasteiger partial charge in [0.1, 0.15) is 0 Å². The van der Waals surface area contributed by atoms with E-state index in [1.54, 1.807) is 0 Å². The zero-order valence-corrected chi connectivity index (χ0v) is 19.3. The highest BCUT2D eigenvalue weighted by Gasteiger charge is 2.60. The van der Waals surface area contributed by atoms with Crippen molar-refractivity contribution in [2.45, 2.75) is 105 Å². The molecule has 160 valence electrons. The number of fused-ring (bicyclic) bond motifs is 5. The SMILES string of the molecule is CC(C)C/C=C/[C@@H](C)[C@H]1CCC2C3CC[C@@H]4C[C@@H](O)CC[C@]4(C)C3CC[C@@]21C. The highest BCUT2D eigenvalue weighted by molar-refractivity contribution is 5.11. The number of hydrogen-bond donors (Lipinski definition) is 1. The molecule has 0 aromatic rings. The molecule has 4 saturated carbocycles. The molecule has 4 fully saturated rings. The van der Waals surface area contributed by atoms with Gasteiger partial charge in [0.15, 0.2) is 0 Å². The molecule has 0 spiro atoms. The Balaban J connectivity index is 1.50. The quantitative estimate of drug-likeness (QED) is 0.505. The summed E-state index contributed by atoms with van der Waals surface area (Å²) in [5.74, 6) is 6.05. The summed E-state index contributed by atoms with van der Waals surface area (Å²) in [4.78, 5) is 0. The van der Waals surface area contributed by atoms with Gasteiger partial charge in [-0.2, -0.15) is 0 Å². The summed E-state index contributed by atoms with van der Waals surface area (Å²) in [5.41, 5.74) is 1.09. The normalized spacial score (nSPS) is 49.7. The Morgan fingerprint density at radius 3 is 2.36 bits per heavy atom. The van der Waals surface area contributed by atoms with E-state index >= 15 is 0 Å². The summed E-state index contributed by atoms with van der Waals surface area (Å²) in [7, 11) is 0. The topological polar surface area (TPSA) is 20.2 Å². The van der Waals surface area contributed by atoms with Gasteiger partial charge in [-0.1, -0.05) is 46.8 Å². The van der Waals surface area contributed by atoms with Crippen molar-refractivity contribution in [3.05, 3.63) is 12.2 Å².